The normalized spacial score (nSPS) is 15.4. The number of para-hydroxylation sites is 1. The van der Waals surface area contributed by atoms with Crippen LogP contribution in [0.1, 0.15) is 70.5 Å². The Hall–Kier alpha value is -7.16. The van der Waals surface area contributed by atoms with Crippen molar-refractivity contribution in [1.82, 2.24) is 0 Å². The molecule has 0 amide bonds. The highest BCUT2D eigenvalue weighted by molar-refractivity contribution is 6.01. The van der Waals surface area contributed by atoms with Crippen molar-refractivity contribution in [2.45, 2.75) is 37.5 Å². The van der Waals surface area contributed by atoms with Gasteiger partial charge in [-0.1, -0.05) is 166 Å². The van der Waals surface area contributed by atoms with Crippen molar-refractivity contribution in [3.8, 4) is 33.4 Å². The molecule has 0 unspecified atom stereocenters. The summed E-state index contributed by atoms with van der Waals surface area (Å²) in [5.74, 6) is 1.01. The van der Waals surface area contributed by atoms with Gasteiger partial charge in [0.05, 0.1) is 11.1 Å². The molecule has 0 radical (unpaired) electrons. The van der Waals surface area contributed by atoms with Crippen LogP contribution in [0.25, 0.3) is 49.9 Å². The lowest BCUT2D eigenvalue weighted by Gasteiger charge is -2.32. The fourth-order valence-electron chi connectivity index (χ4n) is 11.6. The second kappa shape index (κ2) is 12.2. The molecule has 4 aliphatic rings. The van der Waals surface area contributed by atoms with E-state index in [0.29, 0.717) is 0 Å². The van der Waals surface area contributed by atoms with E-state index in [-0.39, 0.29) is 5.41 Å². The summed E-state index contributed by atoms with van der Waals surface area (Å²) in [6.07, 6.45) is 4.35. The first-order valence-corrected chi connectivity index (χ1v) is 21.3. The molecule has 284 valence electrons. The molecule has 1 spiro atoms. The number of furan rings is 1. The van der Waals surface area contributed by atoms with Crippen molar-refractivity contribution < 1.29 is 4.42 Å². The number of hydrogen-bond acceptors (Lipinski definition) is 2. The molecule has 2 nitrogen and oxygen atoms in total. The Morgan fingerprint density at radius 1 is 0.483 bits per heavy atom. The number of aryl methyl sites for hydroxylation is 1. The highest BCUT2D eigenvalue weighted by atomic mass is 16.3. The van der Waals surface area contributed by atoms with Gasteiger partial charge >= 0.3 is 0 Å². The molecule has 0 aliphatic heterocycles. The van der Waals surface area contributed by atoms with E-state index in [1.54, 1.807) is 0 Å². The van der Waals surface area contributed by atoms with Crippen molar-refractivity contribution in [2.24, 2.45) is 0 Å². The zero-order valence-corrected chi connectivity index (χ0v) is 33.7. The van der Waals surface area contributed by atoms with E-state index in [0.717, 1.165) is 35.6 Å². The molecule has 1 heterocycles. The first kappa shape index (κ1) is 33.8. The molecule has 0 N–H and O–H groups in total. The van der Waals surface area contributed by atoms with Crippen molar-refractivity contribution in [1.29, 1.82) is 0 Å². The molecule has 60 heavy (non-hydrogen) atoms. The third-order valence-corrected chi connectivity index (χ3v) is 14.2. The van der Waals surface area contributed by atoms with Gasteiger partial charge in [0, 0.05) is 38.9 Å². The quantitative estimate of drug-likeness (QED) is 0.177. The van der Waals surface area contributed by atoms with E-state index in [9.17, 15) is 0 Å². The van der Waals surface area contributed by atoms with Gasteiger partial charge in [-0.3, -0.25) is 0 Å². The minimum Gasteiger partial charge on any atom is -0.456 e. The van der Waals surface area contributed by atoms with Gasteiger partial charge in [0.1, 0.15) is 11.3 Å². The Bertz CT molecular complexity index is 3260. The van der Waals surface area contributed by atoms with Crippen LogP contribution < -0.4 is 4.90 Å². The highest BCUT2D eigenvalue weighted by Gasteiger charge is 2.52. The van der Waals surface area contributed by atoms with Crippen LogP contribution in [0.3, 0.4) is 0 Å². The number of allylic oxidation sites excluding steroid dienone is 1. The number of nitrogens with zero attached hydrogens (tertiary/aromatic N) is 1. The second-order valence-electron chi connectivity index (χ2n) is 17.4. The molecule has 0 atom stereocenters. The molecule has 1 aromatic heterocycles. The Morgan fingerprint density at radius 3 is 1.78 bits per heavy atom. The van der Waals surface area contributed by atoms with Crippen LogP contribution in [0.4, 0.5) is 17.1 Å². The van der Waals surface area contributed by atoms with Crippen LogP contribution in [0.2, 0.25) is 0 Å². The van der Waals surface area contributed by atoms with E-state index in [2.05, 4.69) is 207 Å². The van der Waals surface area contributed by atoms with Gasteiger partial charge in [-0.05, 0) is 116 Å². The fourth-order valence-corrected chi connectivity index (χ4v) is 11.6. The van der Waals surface area contributed by atoms with E-state index in [1.165, 1.54) is 94.5 Å². The summed E-state index contributed by atoms with van der Waals surface area (Å²) < 4.78 is 6.56. The molecule has 2 heteroatoms. The van der Waals surface area contributed by atoms with Gasteiger partial charge in [0.15, 0.2) is 0 Å². The maximum atomic E-state index is 6.56. The molecule has 8 aromatic carbocycles. The van der Waals surface area contributed by atoms with Crippen molar-refractivity contribution in [3.63, 3.8) is 0 Å². The molecule has 9 aromatic rings. The van der Waals surface area contributed by atoms with E-state index in [4.69, 9.17) is 4.42 Å². The summed E-state index contributed by atoms with van der Waals surface area (Å²) in [4.78, 5) is 2.52. The van der Waals surface area contributed by atoms with Crippen molar-refractivity contribution >= 4 is 33.6 Å². The number of rotatable bonds is 4. The fraction of sp³-hybridized carbons (Fsp3) is 0.103. The Kier molecular flexibility index (Phi) is 6.86. The molecule has 0 bridgehead atoms. The molecular formula is C58H41NO. The third kappa shape index (κ3) is 4.33. The van der Waals surface area contributed by atoms with Gasteiger partial charge in [0.25, 0.3) is 0 Å². The minimum absolute atomic E-state index is 0.137. The SMILES string of the molecule is CC1(C)c2ccccc2-c2ccc(N(c3ccc(C4=CCCc5c4oc4ccccc54)cc3)c3cccc4c3-c3ccccc3C43c4ccccc4-c4ccccc43)cc21. The van der Waals surface area contributed by atoms with Crippen LogP contribution in [0, 0.1) is 0 Å². The third-order valence-electron chi connectivity index (χ3n) is 14.2. The Balaban J connectivity index is 1.04. The topological polar surface area (TPSA) is 16.4 Å². The maximum Gasteiger partial charge on any atom is 0.138 e. The predicted molar refractivity (Wildman–Crippen MR) is 247 cm³/mol. The van der Waals surface area contributed by atoms with Gasteiger partial charge in [-0.15, -0.1) is 0 Å². The van der Waals surface area contributed by atoms with Crippen molar-refractivity contribution in [2.75, 3.05) is 4.90 Å². The monoisotopic (exact) mass is 767 g/mol. The molecular weight excluding hydrogens is 727 g/mol. The minimum atomic E-state index is -0.427. The zero-order valence-electron chi connectivity index (χ0n) is 33.7. The predicted octanol–water partition coefficient (Wildman–Crippen LogP) is 14.9. The highest BCUT2D eigenvalue weighted by Crippen LogP contribution is 2.65. The number of hydrogen-bond donors (Lipinski definition) is 0. The van der Waals surface area contributed by atoms with Crippen LogP contribution in [-0.2, 0) is 17.3 Å². The first-order valence-electron chi connectivity index (χ1n) is 21.3. The average molecular weight is 768 g/mol. The largest absolute Gasteiger partial charge is 0.456 e. The van der Waals surface area contributed by atoms with Crippen LogP contribution in [0.15, 0.2) is 192 Å². The van der Waals surface area contributed by atoms with Gasteiger partial charge < -0.3 is 9.32 Å². The molecule has 4 aliphatic carbocycles. The Labute approximate surface area is 350 Å². The standard InChI is InChI=1S/C58H41NO/c1-57(2)47-22-8-3-15-40(47)43-34-33-38(35-52(43)57)59(37-31-29-36(30-32-37)39-20-13-21-45-44-18-7-12-28-54(44)60-56(39)45)53-27-14-26-51-55(53)46-19-6-11-25-50(46)58(51)48-23-9-4-16-41(48)42-17-5-10-24-49(42)58/h3-12,14-20,22-35H,13,21H2,1-2H3. The van der Waals surface area contributed by atoms with Gasteiger partial charge in [0.2, 0.25) is 0 Å². The first-order chi connectivity index (χ1) is 29.5. The molecule has 0 saturated carbocycles. The summed E-state index contributed by atoms with van der Waals surface area (Å²) in [5, 5.41) is 1.23. The lowest BCUT2D eigenvalue weighted by Crippen LogP contribution is -2.26. The van der Waals surface area contributed by atoms with Crippen LogP contribution in [-0.4, -0.2) is 0 Å². The molecule has 0 saturated heterocycles. The van der Waals surface area contributed by atoms with Crippen LogP contribution in [0.5, 0.6) is 0 Å². The lowest BCUT2D eigenvalue weighted by atomic mass is 9.70. The summed E-state index contributed by atoms with van der Waals surface area (Å²) in [6.45, 7) is 4.75. The van der Waals surface area contributed by atoms with E-state index in [1.807, 2.05) is 0 Å². The Morgan fingerprint density at radius 2 is 1.05 bits per heavy atom. The van der Waals surface area contributed by atoms with E-state index < -0.39 is 5.41 Å². The molecule has 13 rings (SSSR count). The lowest BCUT2D eigenvalue weighted by molar-refractivity contribution is 0.591. The van der Waals surface area contributed by atoms with Gasteiger partial charge in [-0.25, -0.2) is 0 Å². The number of benzene rings is 8. The van der Waals surface area contributed by atoms with E-state index >= 15 is 0 Å². The summed E-state index contributed by atoms with van der Waals surface area (Å²) >= 11 is 0. The number of fused-ring (bicyclic) bond motifs is 16. The molecule has 0 fully saturated rings. The smallest absolute Gasteiger partial charge is 0.138 e. The van der Waals surface area contributed by atoms with Crippen molar-refractivity contribution in [3.05, 3.63) is 238 Å². The second-order valence-corrected chi connectivity index (χ2v) is 17.4. The maximum absolute atomic E-state index is 6.56. The summed E-state index contributed by atoms with van der Waals surface area (Å²) in [7, 11) is 0. The van der Waals surface area contributed by atoms with Crippen LogP contribution >= 0.6 is 0 Å². The number of anilines is 3. The summed E-state index contributed by atoms with van der Waals surface area (Å²) in [6, 6.07) is 68.1. The van der Waals surface area contributed by atoms with Gasteiger partial charge in [-0.2, -0.15) is 0 Å². The zero-order chi connectivity index (χ0) is 39.7. The summed E-state index contributed by atoms with van der Waals surface area (Å²) in [5.41, 5.74) is 23.5. The average Bonchev–Trinajstić information content (AvgIpc) is 3.99.